The summed E-state index contributed by atoms with van der Waals surface area (Å²) in [5.74, 6) is 0.576. The number of methoxy groups -OCH3 is 1. The topological polar surface area (TPSA) is 70.6 Å². The van der Waals surface area contributed by atoms with Crippen LogP contribution in [-0.2, 0) is 4.79 Å². The summed E-state index contributed by atoms with van der Waals surface area (Å²) in [6, 6.07) is 4.88. The maximum Gasteiger partial charge on any atom is 0.230 e. The lowest BCUT2D eigenvalue weighted by atomic mass is 9.76. The summed E-state index contributed by atoms with van der Waals surface area (Å²) in [7, 11) is 1.54. The molecule has 0 unspecified atom stereocenters. The van der Waals surface area contributed by atoms with Gasteiger partial charge in [-0.15, -0.1) is 0 Å². The van der Waals surface area contributed by atoms with Crippen molar-refractivity contribution in [3.8, 4) is 11.5 Å². The van der Waals surface area contributed by atoms with Gasteiger partial charge in [-0.25, -0.2) is 0 Å². The zero-order chi connectivity index (χ0) is 14.6. The molecule has 0 atom stereocenters. The van der Waals surface area contributed by atoms with E-state index in [0.29, 0.717) is 11.4 Å². The van der Waals surface area contributed by atoms with Gasteiger partial charge < -0.3 is 20.5 Å². The standard InChI is InChI=1S/C15H22N2O3/c1-3-15(6-8-16-9-7-15)14(19)17-12-5-4-11(20-2)10-13(12)18/h4-5,10,16,18H,3,6-9H2,1-2H3,(H,17,19). The second kappa shape index (κ2) is 6.13. The van der Waals surface area contributed by atoms with Gasteiger partial charge in [0.2, 0.25) is 5.91 Å². The molecule has 1 aromatic carbocycles. The Balaban J connectivity index is 2.14. The number of piperidine rings is 1. The third-order valence-electron chi connectivity index (χ3n) is 4.17. The summed E-state index contributed by atoms with van der Waals surface area (Å²) < 4.78 is 5.03. The fourth-order valence-corrected chi connectivity index (χ4v) is 2.65. The number of rotatable bonds is 4. The maximum atomic E-state index is 12.5. The molecule has 3 N–H and O–H groups in total. The second-order valence-corrected chi connectivity index (χ2v) is 5.22. The number of ether oxygens (including phenoxy) is 1. The first-order valence-corrected chi connectivity index (χ1v) is 7.00. The molecule has 1 aliphatic heterocycles. The van der Waals surface area contributed by atoms with Crippen LogP contribution in [0.2, 0.25) is 0 Å². The quantitative estimate of drug-likeness (QED) is 0.738. The Bertz CT molecular complexity index is 482. The van der Waals surface area contributed by atoms with E-state index in [-0.39, 0.29) is 17.1 Å². The molecule has 0 bridgehead atoms. The minimum atomic E-state index is -0.336. The van der Waals surface area contributed by atoms with E-state index in [4.69, 9.17) is 4.74 Å². The third-order valence-corrected chi connectivity index (χ3v) is 4.17. The maximum absolute atomic E-state index is 12.5. The van der Waals surface area contributed by atoms with Gasteiger partial charge in [-0.05, 0) is 44.5 Å². The second-order valence-electron chi connectivity index (χ2n) is 5.22. The molecule has 1 saturated heterocycles. The van der Waals surface area contributed by atoms with E-state index >= 15 is 0 Å². The van der Waals surface area contributed by atoms with E-state index in [0.717, 1.165) is 32.4 Å². The van der Waals surface area contributed by atoms with Crippen LogP contribution >= 0.6 is 0 Å². The van der Waals surface area contributed by atoms with Crippen LogP contribution < -0.4 is 15.4 Å². The summed E-state index contributed by atoms with van der Waals surface area (Å²) >= 11 is 0. The molecular weight excluding hydrogens is 256 g/mol. The number of hydrogen-bond acceptors (Lipinski definition) is 4. The number of carbonyl (C=O) groups excluding carboxylic acids is 1. The highest BCUT2D eigenvalue weighted by Gasteiger charge is 2.37. The third kappa shape index (κ3) is 2.88. The molecule has 0 aliphatic carbocycles. The van der Waals surface area contributed by atoms with Crippen molar-refractivity contribution >= 4 is 11.6 Å². The van der Waals surface area contributed by atoms with E-state index < -0.39 is 0 Å². The number of carbonyl (C=O) groups is 1. The molecule has 1 heterocycles. The highest BCUT2D eigenvalue weighted by molar-refractivity contribution is 5.96. The smallest absolute Gasteiger partial charge is 0.230 e. The van der Waals surface area contributed by atoms with Crippen LogP contribution in [0, 0.1) is 5.41 Å². The number of phenolic OH excluding ortho intramolecular Hbond substituents is 1. The molecule has 110 valence electrons. The lowest BCUT2D eigenvalue weighted by Gasteiger charge is -2.35. The molecule has 1 amide bonds. The van der Waals surface area contributed by atoms with Crippen LogP contribution in [0.15, 0.2) is 18.2 Å². The fourth-order valence-electron chi connectivity index (χ4n) is 2.65. The molecule has 1 aromatic rings. The lowest BCUT2D eigenvalue weighted by molar-refractivity contribution is -0.127. The Kier molecular flexibility index (Phi) is 4.49. The van der Waals surface area contributed by atoms with Crippen molar-refractivity contribution in [2.24, 2.45) is 5.41 Å². The summed E-state index contributed by atoms with van der Waals surface area (Å²) in [5, 5.41) is 16.0. The van der Waals surface area contributed by atoms with Gasteiger partial charge in [0.15, 0.2) is 0 Å². The predicted molar refractivity (Wildman–Crippen MR) is 78.1 cm³/mol. The van der Waals surface area contributed by atoms with Gasteiger partial charge >= 0.3 is 0 Å². The predicted octanol–water partition coefficient (Wildman–Crippen LogP) is 2.12. The van der Waals surface area contributed by atoms with Crippen molar-refractivity contribution < 1.29 is 14.6 Å². The minimum absolute atomic E-state index is 0.0121. The van der Waals surface area contributed by atoms with Crippen molar-refractivity contribution in [3.63, 3.8) is 0 Å². The van der Waals surface area contributed by atoms with Crippen LogP contribution in [0.3, 0.4) is 0 Å². The number of anilines is 1. The monoisotopic (exact) mass is 278 g/mol. The van der Waals surface area contributed by atoms with E-state index in [1.165, 1.54) is 13.2 Å². The Morgan fingerprint density at radius 2 is 2.15 bits per heavy atom. The van der Waals surface area contributed by atoms with Gasteiger partial charge in [0.05, 0.1) is 18.2 Å². The Labute approximate surface area is 119 Å². The van der Waals surface area contributed by atoms with Gasteiger partial charge in [0, 0.05) is 6.07 Å². The molecule has 1 aliphatic rings. The number of phenols is 1. The molecule has 2 rings (SSSR count). The molecule has 20 heavy (non-hydrogen) atoms. The Hall–Kier alpha value is -1.75. The minimum Gasteiger partial charge on any atom is -0.506 e. The largest absolute Gasteiger partial charge is 0.506 e. The molecule has 5 nitrogen and oxygen atoms in total. The molecule has 0 radical (unpaired) electrons. The number of amides is 1. The van der Waals surface area contributed by atoms with Crippen molar-refractivity contribution in [3.05, 3.63) is 18.2 Å². The summed E-state index contributed by atoms with van der Waals surface area (Å²) in [6.07, 6.45) is 2.45. The van der Waals surface area contributed by atoms with E-state index in [1.807, 2.05) is 6.92 Å². The van der Waals surface area contributed by atoms with Crippen molar-refractivity contribution in [1.29, 1.82) is 0 Å². The van der Waals surface area contributed by atoms with Crippen LogP contribution in [0.5, 0.6) is 11.5 Å². The van der Waals surface area contributed by atoms with Gasteiger partial charge in [0.1, 0.15) is 11.5 Å². The highest BCUT2D eigenvalue weighted by Crippen LogP contribution is 2.35. The number of hydrogen-bond donors (Lipinski definition) is 3. The normalized spacial score (nSPS) is 17.5. The highest BCUT2D eigenvalue weighted by atomic mass is 16.5. The van der Waals surface area contributed by atoms with E-state index in [1.54, 1.807) is 12.1 Å². The Morgan fingerprint density at radius 3 is 2.70 bits per heavy atom. The summed E-state index contributed by atoms with van der Waals surface area (Å²) in [6.45, 7) is 3.75. The zero-order valence-corrected chi connectivity index (χ0v) is 12.0. The summed E-state index contributed by atoms with van der Waals surface area (Å²) in [4.78, 5) is 12.5. The average Bonchev–Trinajstić information content (AvgIpc) is 2.49. The van der Waals surface area contributed by atoms with Crippen LogP contribution in [0.25, 0.3) is 0 Å². The SMILES string of the molecule is CCC1(C(=O)Nc2ccc(OC)cc2O)CCNCC1. The van der Waals surface area contributed by atoms with Crippen molar-refractivity contribution in [1.82, 2.24) is 5.32 Å². The number of nitrogens with one attached hydrogen (secondary N) is 2. The zero-order valence-electron chi connectivity index (χ0n) is 12.0. The van der Waals surface area contributed by atoms with Gasteiger partial charge in [-0.2, -0.15) is 0 Å². The first kappa shape index (κ1) is 14.7. The van der Waals surface area contributed by atoms with Gasteiger partial charge in [0.25, 0.3) is 0 Å². The Morgan fingerprint density at radius 1 is 1.45 bits per heavy atom. The van der Waals surface area contributed by atoms with E-state index in [2.05, 4.69) is 10.6 Å². The van der Waals surface area contributed by atoms with Crippen LogP contribution in [0.1, 0.15) is 26.2 Å². The van der Waals surface area contributed by atoms with Crippen LogP contribution in [-0.4, -0.2) is 31.2 Å². The molecule has 0 saturated carbocycles. The first-order chi connectivity index (χ1) is 9.61. The average molecular weight is 278 g/mol. The number of aromatic hydroxyl groups is 1. The van der Waals surface area contributed by atoms with Crippen molar-refractivity contribution in [2.45, 2.75) is 26.2 Å². The molecule has 5 heteroatoms. The lowest BCUT2D eigenvalue weighted by Crippen LogP contribution is -2.44. The number of benzene rings is 1. The van der Waals surface area contributed by atoms with E-state index in [9.17, 15) is 9.90 Å². The molecule has 1 fully saturated rings. The molecular formula is C15H22N2O3. The summed E-state index contributed by atoms with van der Waals surface area (Å²) in [5.41, 5.74) is 0.0969. The molecule has 0 spiro atoms. The fraction of sp³-hybridized carbons (Fsp3) is 0.533. The molecule has 0 aromatic heterocycles. The first-order valence-electron chi connectivity index (χ1n) is 7.00. The van der Waals surface area contributed by atoms with Crippen molar-refractivity contribution in [2.75, 3.05) is 25.5 Å². The van der Waals surface area contributed by atoms with Crippen LogP contribution in [0.4, 0.5) is 5.69 Å². The van der Waals surface area contributed by atoms with Gasteiger partial charge in [-0.3, -0.25) is 4.79 Å². The van der Waals surface area contributed by atoms with Gasteiger partial charge in [-0.1, -0.05) is 6.92 Å².